The number of hydrogen-bond acceptors (Lipinski definition) is 4. The van der Waals surface area contributed by atoms with Gasteiger partial charge in [-0.15, -0.1) is 0 Å². The molecule has 0 fully saturated rings. The minimum absolute atomic E-state index is 0.197. The van der Waals surface area contributed by atoms with E-state index in [4.69, 9.17) is 9.47 Å². The van der Waals surface area contributed by atoms with Gasteiger partial charge in [-0.05, 0) is 44.0 Å². The third kappa shape index (κ3) is 9.49. The molecule has 0 radical (unpaired) electrons. The van der Waals surface area contributed by atoms with Crippen LogP contribution in [0.2, 0.25) is 0 Å². The molecule has 1 aromatic rings. The van der Waals surface area contributed by atoms with Crippen molar-refractivity contribution in [1.82, 2.24) is 5.32 Å². The molecule has 0 aliphatic rings. The summed E-state index contributed by atoms with van der Waals surface area (Å²) in [6.07, 6.45) is 9.52. The van der Waals surface area contributed by atoms with Crippen LogP contribution in [-0.2, 0) is 16.0 Å². The van der Waals surface area contributed by atoms with E-state index in [-0.39, 0.29) is 12.0 Å². The Bertz CT molecular complexity index is 459. The zero-order chi connectivity index (χ0) is 18.3. The molecule has 0 heterocycles. The summed E-state index contributed by atoms with van der Waals surface area (Å²) >= 11 is 0. The van der Waals surface area contributed by atoms with Gasteiger partial charge in [-0.1, -0.05) is 57.6 Å². The molecule has 4 heteroatoms. The summed E-state index contributed by atoms with van der Waals surface area (Å²) in [5.41, 5.74) is 1.10. The number of hydrogen-bond donors (Lipinski definition) is 1. The van der Waals surface area contributed by atoms with Crippen molar-refractivity contribution < 1.29 is 14.3 Å². The van der Waals surface area contributed by atoms with Gasteiger partial charge >= 0.3 is 5.97 Å². The van der Waals surface area contributed by atoms with Gasteiger partial charge in [0.2, 0.25) is 0 Å². The SMILES string of the molecule is CCCCCCCCCN[C@H](Cc1ccc(OCC)cc1)C(=O)OC. The summed E-state index contributed by atoms with van der Waals surface area (Å²) in [6, 6.07) is 7.63. The van der Waals surface area contributed by atoms with E-state index in [0.717, 1.165) is 24.3 Å². The molecule has 0 saturated carbocycles. The van der Waals surface area contributed by atoms with Crippen molar-refractivity contribution in [1.29, 1.82) is 0 Å². The van der Waals surface area contributed by atoms with E-state index in [0.29, 0.717) is 13.0 Å². The molecule has 0 aliphatic carbocycles. The van der Waals surface area contributed by atoms with Gasteiger partial charge in [0.25, 0.3) is 0 Å². The largest absolute Gasteiger partial charge is 0.494 e. The van der Waals surface area contributed by atoms with Gasteiger partial charge in [-0.25, -0.2) is 0 Å². The van der Waals surface area contributed by atoms with Crippen LogP contribution in [0.1, 0.15) is 64.4 Å². The molecular weight excluding hydrogens is 314 g/mol. The second-order valence-corrected chi connectivity index (χ2v) is 6.43. The lowest BCUT2D eigenvalue weighted by Crippen LogP contribution is -2.40. The number of carbonyl (C=O) groups is 1. The van der Waals surface area contributed by atoms with Crippen LogP contribution in [0.3, 0.4) is 0 Å². The molecular formula is C21H35NO3. The Balaban J connectivity index is 2.35. The quantitative estimate of drug-likeness (QED) is 0.396. The Hall–Kier alpha value is -1.55. The molecule has 25 heavy (non-hydrogen) atoms. The Labute approximate surface area is 153 Å². The Kier molecular flexibility index (Phi) is 11.8. The highest BCUT2D eigenvalue weighted by Crippen LogP contribution is 2.14. The van der Waals surface area contributed by atoms with Crippen molar-refractivity contribution in [2.45, 2.75) is 71.3 Å². The predicted molar refractivity (Wildman–Crippen MR) is 103 cm³/mol. The van der Waals surface area contributed by atoms with Crippen molar-refractivity contribution >= 4 is 5.97 Å². The van der Waals surface area contributed by atoms with Gasteiger partial charge in [0, 0.05) is 0 Å². The molecule has 1 aromatic carbocycles. The second-order valence-electron chi connectivity index (χ2n) is 6.43. The fourth-order valence-corrected chi connectivity index (χ4v) is 2.86. The molecule has 0 saturated heterocycles. The van der Waals surface area contributed by atoms with E-state index < -0.39 is 0 Å². The van der Waals surface area contributed by atoms with Gasteiger partial charge < -0.3 is 14.8 Å². The number of ether oxygens (including phenoxy) is 2. The highest BCUT2D eigenvalue weighted by molar-refractivity contribution is 5.76. The third-order valence-corrected chi connectivity index (χ3v) is 4.33. The van der Waals surface area contributed by atoms with Crippen LogP contribution in [0.25, 0.3) is 0 Å². The van der Waals surface area contributed by atoms with Crippen LogP contribution in [0.5, 0.6) is 5.75 Å². The van der Waals surface area contributed by atoms with Crippen LogP contribution in [0, 0.1) is 0 Å². The zero-order valence-electron chi connectivity index (χ0n) is 16.2. The lowest BCUT2D eigenvalue weighted by Gasteiger charge is -2.17. The molecule has 4 nitrogen and oxygen atoms in total. The fraction of sp³-hybridized carbons (Fsp3) is 0.667. The van der Waals surface area contributed by atoms with Crippen molar-refractivity contribution in [3.05, 3.63) is 29.8 Å². The number of rotatable bonds is 14. The molecule has 142 valence electrons. The maximum absolute atomic E-state index is 12.0. The minimum Gasteiger partial charge on any atom is -0.494 e. The van der Waals surface area contributed by atoms with Crippen LogP contribution in [-0.4, -0.2) is 32.3 Å². The molecule has 1 atom stereocenters. The van der Waals surface area contributed by atoms with Crippen molar-refractivity contribution in [3.8, 4) is 5.75 Å². The molecule has 0 bridgehead atoms. The summed E-state index contributed by atoms with van der Waals surface area (Å²) in [5.74, 6) is 0.661. The van der Waals surface area contributed by atoms with Crippen LogP contribution < -0.4 is 10.1 Å². The van der Waals surface area contributed by atoms with Gasteiger partial charge in [0.15, 0.2) is 0 Å². The van der Waals surface area contributed by atoms with Crippen molar-refractivity contribution in [2.24, 2.45) is 0 Å². The van der Waals surface area contributed by atoms with Crippen LogP contribution >= 0.6 is 0 Å². The van der Waals surface area contributed by atoms with E-state index in [1.54, 1.807) is 0 Å². The van der Waals surface area contributed by atoms with Crippen LogP contribution in [0.15, 0.2) is 24.3 Å². The average Bonchev–Trinajstić information content (AvgIpc) is 2.64. The van der Waals surface area contributed by atoms with Gasteiger partial charge in [0.1, 0.15) is 11.8 Å². The first-order chi connectivity index (χ1) is 12.2. The van der Waals surface area contributed by atoms with E-state index >= 15 is 0 Å². The fourth-order valence-electron chi connectivity index (χ4n) is 2.86. The summed E-state index contributed by atoms with van der Waals surface area (Å²) < 4.78 is 10.4. The maximum Gasteiger partial charge on any atom is 0.323 e. The number of carbonyl (C=O) groups excluding carboxylic acids is 1. The number of unbranched alkanes of at least 4 members (excludes halogenated alkanes) is 6. The first kappa shape index (κ1) is 21.5. The predicted octanol–water partition coefficient (Wildman–Crippen LogP) is 4.51. The molecule has 0 unspecified atom stereocenters. The minimum atomic E-state index is -0.289. The molecule has 0 aromatic heterocycles. The number of esters is 1. The lowest BCUT2D eigenvalue weighted by atomic mass is 10.1. The molecule has 1 N–H and O–H groups in total. The van der Waals surface area contributed by atoms with Gasteiger partial charge in [0.05, 0.1) is 13.7 Å². The standard InChI is InChI=1S/C21H35NO3/c1-4-6-7-8-9-10-11-16-22-20(21(23)24-3)17-18-12-14-19(15-13-18)25-5-2/h12-15,20,22H,4-11,16-17H2,1-3H3/t20-/m1/s1. The maximum atomic E-state index is 12.0. The van der Waals surface area contributed by atoms with E-state index in [1.807, 2.05) is 31.2 Å². The Morgan fingerprint density at radius 1 is 1.00 bits per heavy atom. The normalized spacial score (nSPS) is 12.0. The molecule has 1 rings (SSSR count). The summed E-state index contributed by atoms with van der Waals surface area (Å²) in [6.45, 7) is 5.71. The monoisotopic (exact) mass is 349 g/mol. The second kappa shape index (κ2) is 13.7. The van der Waals surface area contributed by atoms with E-state index in [9.17, 15) is 4.79 Å². The highest BCUT2D eigenvalue weighted by Gasteiger charge is 2.18. The number of nitrogens with one attached hydrogen (secondary N) is 1. The Morgan fingerprint density at radius 2 is 1.64 bits per heavy atom. The smallest absolute Gasteiger partial charge is 0.323 e. The lowest BCUT2D eigenvalue weighted by molar-refractivity contribution is -0.143. The Morgan fingerprint density at radius 3 is 2.24 bits per heavy atom. The highest BCUT2D eigenvalue weighted by atomic mass is 16.5. The first-order valence-electron chi connectivity index (χ1n) is 9.74. The molecule has 0 aliphatic heterocycles. The van der Waals surface area contributed by atoms with Gasteiger partial charge in [-0.3, -0.25) is 4.79 Å². The summed E-state index contributed by atoms with van der Waals surface area (Å²) in [7, 11) is 1.45. The van der Waals surface area contributed by atoms with E-state index in [1.165, 1.54) is 45.6 Å². The topological polar surface area (TPSA) is 47.6 Å². The van der Waals surface area contributed by atoms with Gasteiger partial charge in [-0.2, -0.15) is 0 Å². The van der Waals surface area contributed by atoms with Crippen LogP contribution in [0.4, 0.5) is 0 Å². The van der Waals surface area contributed by atoms with Crippen molar-refractivity contribution in [2.75, 3.05) is 20.3 Å². The number of benzene rings is 1. The zero-order valence-corrected chi connectivity index (χ0v) is 16.2. The molecule has 0 amide bonds. The summed E-state index contributed by atoms with van der Waals surface area (Å²) in [5, 5.41) is 3.35. The van der Waals surface area contributed by atoms with Crippen molar-refractivity contribution in [3.63, 3.8) is 0 Å². The van der Waals surface area contributed by atoms with E-state index in [2.05, 4.69) is 12.2 Å². The molecule has 0 spiro atoms. The first-order valence-corrected chi connectivity index (χ1v) is 9.74. The third-order valence-electron chi connectivity index (χ3n) is 4.33. The number of methoxy groups -OCH3 is 1. The summed E-state index contributed by atoms with van der Waals surface area (Å²) in [4.78, 5) is 12.0. The average molecular weight is 350 g/mol.